The Morgan fingerprint density at radius 3 is 2.62 bits per heavy atom. The average molecular weight is 203 g/mol. The fraction of sp³-hybridized carbons (Fsp3) is 0.571. The van der Waals surface area contributed by atoms with Gasteiger partial charge >= 0.3 is 0 Å². The van der Waals surface area contributed by atoms with E-state index in [4.69, 9.17) is 5.73 Å². The van der Waals surface area contributed by atoms with E-state index in [2.05, 4.69) is 5.10 Å². The zero-order valence-corrected chi connectivity index (χ0v) is 8.50. The van der Waals surface area contributed by atoms with E-state index in [0.29, 0.717) is 12.2 Å². The summed E-state index contributed by atoms with van der Waals surface area (Å²) in [5.41, 5.74) is 6.95. The number of hydrogen-bond donors (Lipinski definition) is 1. The van der Waals surface area contributed by atoms with Gasteiger partial charge in [0.15, 0.2) is 0 Å². The van der Waals surface area contributed by atoms with Gasteiger partial charge in [0.2, 0.25) is 0 Å². The maximum absolute atomic E-state index is 10.9. The van der Waals surface area contributed by atoms with Crippen molar-refractivity contribution >= 4 is 15.5 Å². The summed E-state index contributed by atoms with van der Waals surface area (Å²) >= 11 is 0. The topological polar surface area (TPSA) is 78.0 Å². The Bertz CT molecular complexity index is 394. The van der Waals surface area contributed by atoms with Crippen molar-refractivity contribution in [2.75, 3.05) is 17.7 Å². The van der Waals surface area contributed by atoms with Crippen LogP contribution in [0.5, 0.6) is 0 Å². The van der Waals surface area contributed by atoms with Crippen molar-refractivity contribution in [2.24, 2.45) is 0 Å². The number of rotatable bonds is 3. The van der Waals surface area contributed by atoms with Gasteiger partial charge in [0.05, 0.1) is 29.9 Å². The second-order valence-corrected chi connectivity index (χ2v) is 5.30. The van der Waals surface area contributed by atoms with E-state index in [1.165, 1.54) is 12.5 Å². The van der Waals surface area contributed by atoms with E-state index in [1.54, 1.807) is 4.68 Å². The third kappa shape index (κ3) is 2.73. The molecule has 13 heavy (non-hydrogen) atoms. The van der Waals surface area contributed by atoms with Crippen LogP contribution in [0, 0.1) is 6.92 Å². The van der Waals surface area contributed by atoms with Gasteiger partial charge < -0.3 is 5.73 Å². The van der Waals surface area contributed by atoms with E-state index >= 15 is 0 Å². The van der Waals surface area contributed by atoms with E-state index < -0.39 is 9.84 Å². The van der Waals surface area contributed by atoms with Gasteiger partial charge in [-0.05, 0) is 6.92 Å². The Morgan fingerprint density at radius 2 is 2.23 bits per heavy atom. The fourth-order valence-corrected chi connectivity index (χ4v) is 1.44. The van der Waals surface area contributed by atoms with Crippen molar-refractivity contribution < 1.29 is 8.42 Å². The Labute approximate surface area is 77.5 Å². The molecule has 74 valence electrons. The Hall–Kier alpha value is -1.04. The summed E-state index contributed by atoms with van der Waals surface area (Å²) in [7, 11) is -2.93. The number of anilines is 1. The molecule has 0 aromatic carbocycles. The van der Waals surface area contributed by atoms with Crippen LogP contribution < -0.4 is 5.73 Å². The first-order valence-corrected chi connectivity index (χ1v) is 5.92. The molecule has 1 aromatic rings. The minimum atomic E-state index is -2.93. The molecule has 0 spiro atoms. The zero-order valence-electron chi connectivity index (χ0n) is 7.69. The molecule has 0 aliphatic rings. The summed E-state index contributed by atoms with van der Waals surface area (Å²) in [6, 6.07) is 0. The summed E-state index contributed by atoms with van der Waals surface area (Å²) in [4.78, 5) is 0. The quantitative estimate of drug-likeness (QED) is 0.739. The molecule has 1 heterocycles. The first-order valence-electron chi connectivity index (χ1n) is 3.86. The van der Waals surface area contributed by atoms with Crippen LogP contribution in [0.25, 0.3) is 0 Å². The molecule has 0 amide bonds. The highest BCUT2D eigenvalue weighted by atomic mass is 32.2. The van der Waals surface area contributed by atoms with Crippen molar-refractivity contribution in [1.82, 2.24) is 9.78 Å². The molecule has 0 saturated carbocycles. The number of nitrogen functional groups attached to an aromatic ring is 1. The summed E-state index contributed by atoms with van der Waals surface area (Å²) in [6.07, 6.45) is 2.73. The lowest BCUT2D eigenvalue weighted by atomic mass is 10.4. The zero-order chi connectivity index (χ0) is 10.1. The van der Waals surface area contributed by atoms with Gasteiger partial charge in [-0.3, -0.25) is 4.68 Å². The maximum Gasteiger partial charge on any atom is 0.149 e. The molecular weight excluding hydrogens is 190 g/mol. The molecule has 0 atom stereocenters. The minimum absolute atomic E-state index is 0.0922. The monoisotopic (exact) mass is 203 g/mol. The minimum Gasteiger partial charge on any atom is -0.396 e. The lowest BCUT2D eigenvalue weighted by Gasteiger charge is -2.02. The molecule has 0 radical (unpaired) electrons. The average Bonchev–Trinajstić information content (AvgIpc) is 2.29. The van der Waals surface area contributed by atoms with Crippen LogP contribution in [0.3, 0.4) is 0 Å². The molecule has 1 aromatic heterocycles. The van der Waals surface area contributed by atoms with E-state index in [1.807, 2.05) is 6.92 Å². The maximum atomic E-state index is 10.9. The van der Waals surface area contributed by atoms with Gasteiger partial charge in [-0.25, -0.2) is 8.42 Å². The van der Waals surface area contributed by atoms with E-state index in [-0.39, 0.29) is 5.75 Å². The molecule has 0 bridgehead atoms. The lowest BCUT2D eigenvalue weighted by molar-refractivity contribution is 0.582. The van der Waals surface area contributed by atoms with E-state index in [0.717, 1.165) is 5.69 Å². The molecule has 5 nitrogen and oxygen atoms in total. The molecule has 0 aliphatic carbocycles. The number of nitrogens with zero attached hydrogens (tertiary/aromatic N) is 2. The number of nitrogens with two attached hydrogens (primary N) is 1. The third-order valence-corrected chi connectivity index (χ3v) is 2.74. The Balaban J connectivity index is 2.71. The van der Waals surface area contributed by atoms with Gasteiger partial charge in [0, 0.05) is 6.26 Å². The summed E-state index contributed by atoms with van der Waals surface area (Å²) in [5.74, 6) is 0.0922. The first-order chi connectivity index (χ1) is 5.90. The molecular formula is C7H13N3O2S. The van der Waals surface area contributed by atoms with Crippen molar-refractivity contribution in [3.05, 3.63) is 11.9 Å². The standard InChI is InChI=1S/C7H13N3O2S/c1-6-7(8)5-9-10(6)3-4-13(2,11)12/h5H,3-4,8H2,1-2H3. The lowest BCUT2D eigenvalue weighted by Crippen LogP contribution is -2.13. The largest absolute Gasteiger partial charge is 0.396 e. The highest BCUT2D eigenvalue weighted by molar-refractivity contribution is 7.90. The van der Waals surface area contributed by atoms with Crippen LogP contribution in [-0.2, 0) is 16.4 Å². The predicted octanol–water partition coefficient (Wildman–Crippen LogP) is -0.182. The molecule has 2 N–H and O–H groups in total. The second-order valence-electron chi connectivity index (χ2n) is 3.04. The van der Waals surface area contributed by atoms with Gasteiger partial charge in [-0.1, -0.05) is 0 Å². The van der Waals surface area contributed by atoms with Crippen molar-refractivity contribution in [3.8, 4) is 0 Å². The molecule has 1 rings (SSSR count). The summed E-state index contributed by atoms with van der Waals surface area (Å²) in [6.45, 7) is 2.17. The van der Waals surface area contributed by atoms with Crippen LogP contribution >= 0.6 is 0 Å². The number of aromatic nitrogens is 2. The van der Waals surface area contributed by atoms with Crippen molar-refractivity contribution in [3.63, 3.8) is 0 Å². The van der Waals surface area contributed by atoms with Crippen LogP contribution in [-0.4, -0.2) is 30.2 Å². The van der Waals surface area contributed by atoms with Gasteiger partial charge in [-0.15, -0.1) is 0 Å². The third-order valence-electron chi connectivity index (χ3n) is 1.82. The summed E-state index contributed by atoms with van der Waals surface area (Å²) < 4.78 is 23.3. The van der Waals surface area contributed by atoms with E-state index in [9.17, 15) is 8.42 Å². The van der Waals surface area contributed by atoms with Gasteiger partial charge in [-0.2, -0.15) is 5.10 Å². The Morgan fingerprint density at radius 1 is 1.62 bits per heavy atom. The molecule has 0 unspecified atom stereocenters. The molecule has 0 aliphatic heterocycles. The highest BCUT2D eigenvalue weighted by Crippen LogP contribution is 2.07. The predicted molar refractivity (Wildman–Crippen MR) is 51.1 cm³/mol. The van der Waals surface area contributed by atoms with Crippen LogP contribution in [0.2, 0.25) is 0 Å². The number of hydrogen-bond acceptors (Lipinski definition) is 4. The first kappa shape index (κ1) is 10.0. The number of aryl methyl sites for hydroxylation is 1. The van der Waals surface area contributed by atoms with Crippen LogP contribution in [0.15, 0.2) is 6.20 Å². The normalized spacial score (nSPS) is 11.8. The summed E-state index contributed by atoms with van der Waals surface area (Å²) in [5, 5.41) is 3.95. The molecule has 6 heteroatoms. The molecule has 0 fully saturated rings. The van der Waals surface area contributed by atoms with Crippen molar-refractivity contribution in [2.45, 2.75) is 13.5 Å². The fourth-order valence-electron chi connectivity index (χ4n) is 0.939. The highest BCUT2D eigenvalue weighted by Gasteiger charge is 2.06. The SMILES string of the molecule is Cc1c(N)cnn1CCS(C)(=O)=O. The number of sulfone groups is 1. The van der Waals surface area contributed by atoms with Gasteiger partial charge in [0.1, 0.15) is 9.84 Å². The van der Waals surface area contributed by atoms with Gasteiger partial charge in [0.25, 0.3) is 0 Å². The second kappa shape index (κ2) is 3.37. The van der Waals surface area contributed by atoms with Crippen LogP contribution in [0.1, 0.15) is 5.69 Å². The molecule has 0 saturated heterocycles. The Kier molecular flexibility index (Phi) is 2.60. The smallest absolute Gasteiger partial charge is 0.149 e. The van der Waals surface area contributed by atoms with Crippen molar-refractivity contribution in [1.29, 1.82) is 0 Å². The van der Waals surface area contributed by atoms with Crippen LogP contribution in [0.4, 0.5) is 5.69 Å².